The highest BCUT2D eigenvalue weighted by Gasteiger charge is 2.62. The summed E-state index contributed by atoms with van der Waals surface area (Å²) < 4.78 is 38.1. The SMILES string of the molecule is COC1(c2ccc(Cl)c(Cc3ccc4c(c3)OCCO4)c2)OC(CO)(CO)[C@@H](C)[C@H](OCc2ccccc2)[C@H]1OCc1ccccc1. The molecule has 6 rings (SSSR count). The summed E-state index contributed by atoms with van der Waals surface area (Å²) in [6, 6.07) is 31.1. The predicted molar refractivity (Wildman–Crippen MR) is 178 cm³/mol. The topological polar surface area (TPSA) is 95.8 Å². The van der Waals surface area contributed by atoms with E-state index in [0.717, 1.165) is 22.3 Å². The second-order valence-electron chi connectivity index (χ2n) is 12.1. The van der Waals surface area contributed by atoms with Gasteiger partial charge in [0.1, 0.15) is 24.9 Å². The molecule has 0 aliphatic carbocycles. The number of aliphatic hydroxyl groups is 2. The van der Waals surface area contributed by atoms with Crippen LogP contribution in [-0.4, -0.2) is 61.6 Å². The van der Waals surface area contributed by atoms with Crippen LogP contribution in [0, 0.1) is 5.92 Å². The molecule has 4 atom stereocenters. The number of ether oxygens (including phenoxy) is 6. The Balaban J connectivity index is 1.42. The normalized spacial score (nSPS) is 23.4. The third kappa shape index (κ3) is 6.91. The molecular weight excluding hydrogens is 620 g/mol. The first-order chi connectivity index (χ1) is 22.9. The molecule has 2 aliphatic heterocycles. The van der Waals surface area contributed by atoms with Crippen LogP contribution in [0.3, 0.4) is 0 Å². The monoisotopic (exact) mass is 660 g/mol. The van der Waals surface area contributed by atoms with Gasteiger partial charge in [-0.3, -0.25) is 0 Å². The summed E-state index contributed by atoms with van der Waals surface area (Å²) in [7, 11) is 1.54. The van der Waals surface area contributed by atoms with Crippen LogP contribution in [0.15, 0.2) is 97.1 Å². The molecule has 0 amide bonds. The third-order valence-corrected chi connectivity index (χ3v) is 9.56. The van der Waals surface area contributed by atoms with Gasteiger partial charge < -0.3 is 38.6 Å². The van der Waals surface area contributed by atoms with Gasteiger partial charge in [0.25, 0.3) is 0 Å². The van der Waals surface area contributed by atoms with Gasteiger partial charge in [-0.1, -0.05) is 91.3 Å². The van der Waals surface area contributed by atoms with Crippen LogP contribution < -0.4 is 9.47 Å². The molecule has 4 aromatic rings. The summed E-state index contributed by atoms with van der Waals surface area (Å²) >= 11 is 6.80. The Hall–Kier alpha value is -3.47. The number of hydrogen-bond acceptors (Lipinski definition) is 8. The summed E-state index contributed by atoms with van der Waals surface area (Å²) in [6.45, 7) is 2.51. The molecule has 47 heavy (non-hydrogen) atoms. The Kier molecular flexibility index (Phi) is 10.5. The van der Waals surface area contributed by atoms with Crippen molar-refractivity contribution < 1.29 is 38.6 Å². The van der Waals surface area contributed by atoms with E-state index in [4.69, 9.17) is 40.0 Å². The minimum Gasteiger partial charge on any atom is -0.486 e. The Morgan fingerprint density at radius 2 is 1.40 bits per heavy atom. The van der Waals surface area contributed by atoms with Crippen LogP contribution in [0.2, 0.25) is 5.02 Å². The number of rotatable bonds is 12. The van der Waals surface area contributed by atoms with E-state index in [1.54, 1.807) is 6.07 Å². The average Bonchev–Trinajstić information content (AvgIpc) is 3.12. The Morgan fingerprint density at radius 3 is 2.04 bits per heavy atom. The van der Waals surface area contributed by atoms with E-state index in [1.165, 1.54) is 7.11 Å². The molecule has 248 valence electrons. The van der Waals surface area contributed by atoms with Crippen molar-refractivity contribution in [3.05, 3.63) is 130 Å². The van der Waals surface area contributed by atoms with E-state index in [0.29, 0.717) is 41.7 Å². The molecule has 9 heteroatoms. The second kappa shape index (κ2) is 14.7. The lowest BCUT2D eigenvalue weighted by Gasteiger charge is -2.56. The maximum atomic E-state index is 10.8. The van der Waals surface area contributed by atoms with Crippen molar-refractivity contribution in [2.24, 2.45) is 5.92 Å². The predicted octanol–water partition coefficient (Wildman–Crippen LogP) is 6.06. The first-order valence-corrected chi connectivity index (χ1v) is 16.2. The summed E-state index contributed by atoms with van der Waals surface area (Å²) in [5, 5.41) is 22.2. The fraction of sp³-hybridized carbons (Fsp3) is 0.368. The molecule has 0 spiro atoms. The lowest BCUT2D eigenvalue weighted by molar-refractivity contribution is -0.404. The zero-order chi connectivity index (χ0) is 32.9. The van der Waals surface area contributed by atoms with Gasteiger partial charge >= 0.3 is 0 Å². The van der Waals surface area contributed by atoms with Crippen LogP contribution in [0.25, 0.3) is 0 Å². The lowest BCUT2D eigenvalue weighted by Crippen LogP contribution is -2.69. The number of hydrogen-bond donors (Lipinski definition) is 2. The Morgan fingerprint density at radius 1 is 0.766 bits per heavy atom. The van der Waals surface area contributed by atoms with Crippen molar-refractivity contribution in [2.75, 3.05) is 33.5 Å². The van der Waals surface area contributed by atoms with Crippen LogP contribution in [0.1, 0.15) is 34.7 Å². The largest absolute Gasteiger partial charge is 0.486 e. The summed E-state index contributed by atoms with van der Waals surface area (Å²) in [5.41, 5.74) is 2.94. The van der Waals surface area contributed by atoms with Gasteiger partial charge in [-0.15, -0.1) is 0 Å². The van der Waals surface area contributed by atoms with Gasteiger partial charge in [-0.05, 0) is 52.9 Å². The molecule has 0 radical (unpaired) electrons. The minimum atomic E-state index is -1.60. The summed E-state index contributed by atoms with van der Waals surface area (Å²) in [5.74, 6) is -0.676. The van der Waals surface area contributed by atoms with Crippen molar-refractivity contribution >= 4 is 11.6 Å². The summed E-state index contributed by atoms with van der Waals surface area (Å²) in [6.07, 6.45) is -0.987. The van der Waals surface area contributed by atoms with Crippen LogP contribution in [0.5, 0.6) is 11.5 Å². The number of methoxy groups -OCH3 is 1. The van der Waals surface area contributed by atoms with Gasteiger partial charge in [0.15, 0.2) is 11.5 Å². The fourth-order valence-corrected chi connectivity index (χ4v) is 6.62. The minimum absolute atomic E-state index is 0.251. The quantitative estimate of drug-likeness (QED) is 0.189. The van der Waals surface area contributed by atoms with E-state index in [-0.39, 0.29) is 13.2 Å². The maximum Gasteiger partial charge on any atom is 0.225 e. The first kappa shape index (κ1) is 33.4. The van der Waals surface area contributed by atoms with Gasteiger partial charge in [0, 0.05) is 23.6 Å². The number of halogens is 1. The number of benzene rings is 4. The number of fused-ring (bicyclic) bond motifs is 1. The Labute approximate surface area is 280 Å². The molecule has 1 unspecified atom stereocenters. The molecule has 0 saturated carbocycles. The van der Waals surface area contributed by atoms with Gasteiger partial charge in [0.2, 0.25) is 5.79 Å². The van der Waals surface area contributed by atoms with Crippen molar-refractivity contribution in [2.45, 2.75) is 50.2 Å². The highest BCUT2D eigenvalue weighted by atomic mass is 35.5. The number of aliphatic hydroxyl groups excluding tert-OH is 2. The molecule has 1 saturated heterocycles. The standard InChI is InChI=1S/C38H41ClO8/c1-26-35(45-22-27-9-5-3-6-10-27)36(46-23-28-11-7-4-8-12-28)38(42-2,47-37(26,24-40)25-41)31-14-15-32(39)30(21-31)19-29-13-16-33-34(20-29)44-18-17-43-33/h3-16,20-21,26,35-36,40-41H,17-19,22-25H2,1-2H3/t26-,35-,36+,38?/m0/s1. The molecule has 4 aromatic carbocycles. The van der Waals surface area contributed by atoms with Gasteiger partial charge in [-0.2, -0.15) is 0 Å². The van der Waals surface area contributed by atoms with Gasteiger partial charge in [0.05, 0.1) is 32.5 Å². The van der Waals surface area contributed by atoms with Crippen molar-refractivity contribution in [1.82, 2.24) is 0 Å². The van der Waals surface area contributed by atoms with E-state index in [2.05, 4.69) is 0 Å². The fourth-order valence-electron chi connectivity index (χ4n) is 6.44. The first-order valence-electron chi connectivity index (χ1n) is 15.9. The highest BCUT2D eigenvalue weighted by molar-refractivity contribution is 6.31. The molecule has 8 nitrogen and oxygen atoms in total. The Bertz CT molecular complexity index is 1610. The highest BCUT2D eigenvalue weighted by Crippen LogP contribution is 2.49. The zero-order valence-electron chi connectivity index (χ0n) is 26.6. The van der Waals surface area contributed by atoms with E-state index < -0.39 is 42.7 Å². The molecule has 0 bridgehead atoms. The zero-order valence-corrected chi connectivity index (χ0v) is 27.4. The van der Waals surface area contributed by atoms with Crippen LogP contribution in [0.4, 0.5) is 0 Å². The van der Waals surface area contributed by atoms with Crippen LogP contribution in [-0.2, 0) is 44.4 Å². The lowest BCUT2D eigenvalue weighted by atomic mass is 9.75. The van der Waals surface area contributed by atoms with Crippen LogP contribution >= 0.6 is 11.6 Å². The van der Waals surface area contributed by atoms with E-state index in [1.807, 2.05) is 97.9 Å². The van der Waals surface area contributed by atoms with Crippen molar-refractivity contribution in [3.63, 3.8) is 0 Å². The molecule has 2 heterocycles. The van der Waals surface area contributed by atoms with E-state index in [9.17, 15) is 10.2 Å². The summed E-state index contributed by atoms with van der Waals surface area (Å²) in [4.78, 5) is 0. The average molecular weight is 661 g/mol. The van der Waals surface area contributed by atoms with E-state index >= 15 is 0 Å². The van der Waals surface area contributed by atoms with Crippen molar-refractivity contribution in [1.29, 1.82) is 0 Å². The molecule has 2 N–H and O–H groups in total. The molecular formula is C38H41ClO8. The second-order valence-corrected chi connectivity index (χ2v) is 12.5. The molecule has 1 fully saturated rings. The van der Waals surface area contributed by atoms with Crippen molar-refractivity contribution in [3.8, 4) is 11.5 Å². The smallest absolute Gasteiger partial charge is 0.225 e. The third-order valence-electron chi connectivity index (χ3n) is 9.20. The molecule has 2 aliphatic rings. The maximum absolute atomic E-state index is 10.8. The molecule has 0 aromatic heterocycles. The van der Waals surface area contributed by atoms with Gasteiger partial charge in [-0.25, -0.2) is 0 Å².